The van der Waals surface area contributed by atoms with Crippen LogP contribution in [0.3, 0.4) is 0 Å². The highest BCUT2D eigenvalue weighted by Crippen LogP contribution is 2.59. The Hall–Kier alpha value is -1.44. The molecule has 0 aromatic heterocycles. The van der Waals surface area contributed by atoms with Gasteiger partial charge in [0.2, 0.25) is 0 Å². The summed E-state index contributed by atoms with van der Waals surface area (Å²) in [5, 5.41) is 8.75. The lowest BCUT2D eigenvalue weighted by Crippen LogP contribution is -2.55. The van der Waals surface area contributed by atoms with Crippen molar-refractivity contribution in [3.8, 4) is 0 Å². The van der Waals surface area contributed by atoms with Crippen molar-refractivity contribution in [1.29, 1.82) is 0 Å². The van der Waals surface area contributed by atoms with Gasteiger partial charge in [-0.1, -0.05) is 11.6 Å². The number of methoxy groups -OCH3 is 1. The summed E-state index contributed by atoms with van der Waals surface area (Å²) in [5.41, 5.74) is 0.608. The van der Waals surface area contributed by atoms with Crippen LogP contribution in [0, 0.1) is 5.92 Å². The van der Waals surface area contributed by atoms with E-state index in [0.717, 1.165) is 12.8 Å². The first kappa shape index (κ1) is 20.3. The molecule has 0 aromatic carbocycles. The Balaban J connectivity index is 1.71. The molecule has 2 saturated heterocycles. The molecule has 27 heavy (non-hydrogen) atoms. The van der Waals surface area contributed by atoms with Crippen LogP contribution < -0.4 is 0 Å². The van der Waals surface area contributed by atoms with Gasteiger partial charge in [-0.05, 0) is 40.0 Å². The number of ether oxygens (including phenoxy) is 4. The smallest absolute Gasteiger partial charge is 0.306 e. The molecule has 3 fully saturated rings. The fraction of sp³-hybridized carbons (Fsp3) is 0.800. The molecule has 3 aliphatic rings. The molecule has 3 rings (SSSR count). The highest BCUT2D eigenvalue weighted by Gasteiger charge is 2.72. The van der Waals surface area contributed by atoms with Crippen LogP contribution in [0.4, 0.5) is 0 Å². The number of epoxide rings is 2. The molecule has 2 aliphatic heterocycles. The summed E-state index contributed by atoms with van der Waals surface area (Å²) in [6.07, 6.45) is 3.41. The molecule has 0 aromatic rings. The normalized spacial score (nSPS) is 39.7. The molecular formula is C20H30O7. The van der Waals surface area contributed by atoms with E-state index in [9.17, 15) is 9.59 Å². The lowest BCUT2D eigenvalue weighted by atomic mass is 9.68. The molecule has 0 amide bonds. The number of allylic oxidation sites excluding steroid dienone is 1. The van der Waals surface area contributed by atoms with Crippen LogP contribution >= 0.6 is 0 Å². The third kappa shape index (κ3) is 4.20. The minimum absolute atomic E-state index is 0.0309. The van der Waals surface area contributed by atoms with Gasteiger partial charge in [-0.3, -0.25) is 9.59 Å². The van der Waals surface area contributed by atoms with E-state index in [4.69, 9.17) is 24.1 Å². The third-order valence-electron chi connectivity index (χ3n) is 6.06. The van der Waals surface area contributed by atoms with E-state index in [-0.39, 0.29) is 42.2 Å². The second-order valence-electron chi connectivity index (χ2n) is 8.30. The fourth-order valence-electron chi connectivity index (χ4n) is 4.51. The van der Waals surface area contributed by atoms with Crippen molar-refractivity contribution in [3.05, 3.63) is 11.6 Å². The minimum Gasteiger partial charge on any atom is -0.481 e. The Bertz CT molecular complexity index is 620. The van der Waals surface area contributed by atoms with Gasteiger partial charge in [0.05, 0.1) is 31.5 Å². The largest absolute Gasteiger partial charge is 0.481 e. The molecule has 1 aliphatic carbocycles. The maximum atomic E-state index is 12.1. The maximum absolute atomic E-state index is 12.1. The van der Waals surface area contributed by atoms with Crippen LogP contribution in [-0.2, 0) is 28.5 Å². The Morgan fingerprint density at radius 2 is 2.00 bits per heavy atom. The van der Waals surface area contributed by atoms with Gasteiger partial charge in [-0.15, -0.1) is 0 Å². The zero-order valence-electron chi connectivity index (χ0n) is 16.5. The molecule has 1 unspecified atom stereocenters. The van der Waals surface area contributed by atoms with Gasteiger partial charge in [0.1, 0.15) is 23.4 Å². The summed E-state index contributed by atoms with van der Waals surface area (Å²) < 4.78 is 23.4. The average Bonchev–Trinajstić information content (AvgIpc) is 3.50. The fourth-order valence-corrected chi connectivity index (χ4v) is 4.51. The first-order chi connectivity index (χ1) is 12.7. The lowest BCUT2D eigenvalue weighted by molar-refractivity contribution is -0.172. The molecule has 1 saturated carbocycles. The average molecular weight is 382 g/mol. The quantitative estimate of drug-likeness (QED) is 0.391. The summed E-state index contributed by atoms with van der Waals surface area (Å²) in [6.45, 7) is 6.89. The zero-order chi connectivity index (χ0) is 19.8. The van der Waals surface area contributed by atoms with Gasteiger partial charge >= 0.3 is 11.9 Å². The molecule has 7 heteroatoms. The molecule has 0 radical (unpaired) electrons. The number of carbonyl (C=O) groups is 2. The second kappa shape index (κ2) is 7.53. The number of carboxylic acid groups (broad SMARTS) is 1. The topological polar surface area (TPSA) is 97.9 Å². The summed E-state index contributed by atoms with van der Waals surface area (Å²) in [6, 6.07) is 0. The predicted molar refractivity (Wildman–Crippen MR) is 96.3 cm³/mol. The highest BCUT2D eigenvalue weighted by atomic mass is 16.6. The van der Waals surface area contributed by atoms with E-state index < -0.39 is 18.0 Å². The van der Waals surface area contributed by atoms with Gasteiger partial charge in [-0.2, -0.15) is 0 Å². The highest BCUT2D eigenvalue weighted by molar-refractivity contribution is 5.76. The molecule has 7 nitrogen and oxygen atoms in total. The van der Waals surface area contributed by atoms with Crippen molar-refractivity contribution in [3.63, 3.8) is 0 Å². The van der Waals surface area contributed by atoms with Gasteiger partial charge in [0.25, 0.3) is 0 Å². The number of esters is 1. The zero-order valence-corrected chi connectivity index (χ0v) is 16.5. The van der Waals surface area contributed by atoms with E-state index in [1.54, 1.807) is 7.11 Å². The van der Waals surface area contributed by atoms with Crippen LogP contribution in [0.2, 0.25) is 0 Å². The number of carbonyl (C=O) groups excluding carboxylic acids is 1. The summed E-state index contributed by atoms with van der Waals surface area (Å²) in [7, 11) is 1.62. The van der Waals surface area contributed by atoms with Crippen molar-refractivity contribution in [2.75, 3.05) is 13.7 Å². The van der Waals surface area contributed by atoms with Gasteiger partial charge in [0, 0.05) is 7.11 Å². The lowest BCUT2D eigenvalue weighted by Gasteiger charge is -2.42. The standard InChI is InChI=1S/C20H30O7/c1-12(2)5-6-14-19(3,27-14)18-17(24-4)13(9-10-20(18)11-25-20)26-16(23)8-7-15(21)22/h5,13-14,17-18H,6-11H2,1-4H3,(H,21,22)/t13-,14?,17-,18-,19+,20+/m1/s1. The first-order valence-electron chi connectivity index (χ1n) is 9.61. The summed E-state index contributed by atoms with van der Waals surface area (Å²) in [5.74, 6) is -1.54. The number of hydrogen-bond donors (Lipinski definition) is 1. The van der Waals surface area contributed by atoms with Crippen LogP contribution in [-0.4, -0.2) is 60.3 Å². The Kier molecular flexibility index (Phi) is 5.66. The van der Waals surface area contributed by atoms with Gasteiger partial charge in [-0.25, -0.2) is 0 Å². The summed E-state index contributed by atoms with van der Waals surface area (Å²) in [4.78, 5) is 22.7. The van der Waals surface area contributed by atoms with Crippen molar-refractivity contribution in [2.45, 2.75) is 82.4 Å². The van der Waals surface area contributed by atoms with Gasteiger partial charge < -0.3 is 24.1 Å². The first-order valence-corrected chi connectivity index (χ1v) is 9.61. The Labute approximate surface area is 160 Å². The molecule has 152 valence electrons. The van der Waals surface area contributed by atoms with Crippen molar-refractivity contribution < 1.29 is 33.6 Å². The molecule has 0 bridgehead atoms. The Morgan fingerprint density at radius 1 is 1.30 bits per heavy atom. The van der Waals surface area contributed by atoms with E-state index >= 15 is 0 Å². The molecular weight excluding hydrogens is 352 g/mol. The molecule has 6 atom stereocenters. The molecule has 1 N–H and O–H groups in total. The second-order valence-corrected chi connectivity index (χ2v) is 8.30. The van der Waals surface area contributed by atoms with Crippen LogP contribution in [0.1, 0.15) is 52.9 Å². The van der Waals surface area contributed by atoms with Crippen LogP contribution in [0.15, 0.2) is 11.6 Å². The maximum Gasteiger partial charge on any atom is 0.306 e. The number of carboxylic acids is 1. The van der Waals surface area contributed by atoms with E-state index in [0.29, 0.717) is 13.0 Å². The predicted octanol–water partition coefficient (Wildman–Crippen LogP) is 2.47. The van der Waals surface area contributed by atoms with Crippen molar-refractivity contribution in [1.82, 2.24) is 0 Å². The van der Waals surface area contributed by atoms with Crippen molar-refractivity contribution in [2.24, 2.45) is 5.92 Å². The van der Waals surface area contributed by atoms with Crippen molar-refractivity contribution >= 4 is 11.9 Å². The molecule has 2 heterocycles. The Morgan fingerprint density at radius 3 is 2.56 bits per heavy atom. The number of hydrogen-bond acceptors (Lipinski definition) is 6. The summed E-state index contributed by atoms with van der Waals surface area (Å²) >= 11 is 0. The van der Waals surface area contributed by atoms with Crippen LogP contribution in [0.25, 0.3) is 0 Å². The van der Waals surface area contributed by atoms with E-state index in [1.807, 2.05) is 0 Å². The third-order valence-corrected chi connectivity index (χ3v) is 6.06. The van der Waals surface area contributed by atoms with E-state index in [1.165, 1.54) is 5.57 Å². The van der Waals surface area contributed by atoms with Crippen LogP contribution in [0.5, 0.6) is 0 Å². The van der Waals surface area contributed by atoms with Gasteiger partial charge in [0.15, 0.2) is 0 Å². The number of rotatable bonds is 8. The number of aliphatic carboxylic acids is 1. The van der Waals surface area contributed by atoms with E-state index in [2.05, 4.69) is 26.8 Å². The monoisotopic (exact) mass is 382 g/mol. The SMILES string of the molecule is CO[C@@H]1[C@H](OC(=O)CCC(=O)O)CC[C@]2(CO2)[C@H]1[C@@]1(C)OC1CC=C(C)C. The molecule has 1 spiro atoms. The minimum atomic E-state index is -1.01.